The molecule has 0 unspecified atom stereocenters. The second kappa shape index (κ2) is 6.80. The zero-order chi connectivity index (χ0) is 15.2. The molecule has 7 nitrogen and oxygen atoms in total. The van der Waals surface area contributed by atoms with Crippen LogP contribution in [-0.4, -0.2) is 33.0 Å². The summed E-state index contributed by atoms with van der Waals surface area (Å²) in [6, 6.07) is 6.27. The molecule has 2 rings (SSSR count). The van der Waals surface area contributed by atoms with E-state index < -0.39 is 5.97 Å². The Morgan fingerprint density at radius 2 is 2.19 bits per heavy atom. The van der Waals surface area contributed by atoms with Crippen LogP contribution < -0.4 is 10.6 Å². The summed E-state index contributed by atoms with van der Waals surface area (Å²) in [7, 11) is 0. The van der Waals surface area contributed by atoms with Gasteiger partial charge in [0.05, 0.1) is 5.56 Å². The minimum Gasteiger partial charge on any atom is -0.478 e. The molecular weight excluding hydrogens is 292 g/mol. The lowest BCUT2D eigenvalue weighted by Crippen LogP contribution is -2.30. The number of carbonyl (C=O) groups is 2. The van der Waals surface area contributed by atoms with Crippen LogP contribution in [0.1, 0.15) is 21.7 Å². The Hall–Kier alpha value is -2.48. The Morgan fingerprint density at radius 3 is 2.86 bits per heavy atom. The first kappa shape index (κ1) is 14.9. The third kappa shape index (κ3) is 4.53. The van der Waals surface area contributed by atoms with Gasteiger partial charge in [-0.2, -0.15) is 4.37 Å². The molecule has 0 radical (unpaired) electrons. The summed E-state index contributed by atoms with van der Waals surface area (Å²) in [5.74, 6) is -0.352. The van der Waals surface area contributed by atoms with Gasteiger partial charge in [-0.1, -0.05) is 12.1 Å². The van der Waals surface area contributed by atoms with Crippen molar-refractivity contribution in [2.24, 2.45) is 0 Å². The Labute approximate surface area is 125 Å². The number of hydrogen-bond acceptors (Lipinski definition) is 5. The average Bonchev–Trinajstić information content (AvgIpc) is 2.84. The number of anilines is 1. The normalized spacial score (nSPS) is 10.1. The Bertz CT molecular complexity index is 656. The number of aryl methyl sites for hydroxylation is 1. The SMILES string of the molecule is Cc1nsc(NC(=O)NCCc2cccc(C(=O)O)c2)n1. The molecule has 21 heavy (non-hydrogen) atoms. The van der Waals surface area contributed by atoms with Crippen molar-refractivity contribution < 1.29 is 14.7 Å². The summed E-state index contributed by atoms with van der Waals surface area (Å²) in [5.41, 5.74) is 1.09. The predicted molar refractivity (Wildman–Crippen MR) is 78.8 cm³/mol. The largest absolute Gasteiger partial charge is 0.478 e. The third-order valence-corrected chi connectivity index (χ3v) is 3.34. The summed E-state index contributed by atoms with van der Waals surface area (Å²) in [5, 5.41) is 14.6. The Balaban J connectivity index is 1.80. The summed E-state index contributed by atoms with van der Waals surface area (Å²) < 4.78 is 3.96. The highest BCUT2D eigenvalue weighted by Gasteiger charge is 2.06. The Kier molecular flexibility index (Phi) is 4.83. The first-order chi connectivity index (χ1) is 10.0. The zero-order valence-electron chi connectivity index (χ0n) is 11.3. The van der Waals surface area contributed by atoms with Crippen molar-refractivity contribution in [3.05, 3.63) is 41.2 Å². The standard InChI is InChI=1S/C13H14N4O3S/c1-8-15-13(21-17-8)16-12(20)14-6-5-9-3-2-4-10(7-9)11(18)19/h2-4,7H,5-6H2,1H3,(H,18,19)(H2,14,15,16,17,20). The topological polar surface area (TPSA) is 104 Å². The van der Waals surface area contributed by atoms with Crippen molar-refractivity contribution in [1.29, 1.82) is 0 Å². The maximum Gasteiger partial charge on any atom is 0.335 e. The maximum absolute atomic E-state index is 11.6. The van der Waals surface area contributed by atoms with Crippen molar-refractivity contribution in [3.63, 3.8) is 0 Å². The van der Waals surface area contributed by atoms with Gasteiger partial charge in [0.2, 0.25) is 5.13 Å². The van der Waals surface area contributed by atoms with E-state index in [2.05, 4.69) is 20.0 Å². The van der Waals surface area contributed by atoms with Gasteiger partial charge in [0.15, 0.2) is 0 Å². The van der Waals surface area contributed by atoms with Gasteiger partial charge in [-0.05, 0) is 31.0 Å². The van der Waals surface area contributed by atoms with Gasteiger partial charge in [-0.25, -0.2) is 14.6 Å². The van der Waals surface area contributed by atoms with Crippen molar-refractivity contribution in [1.82, 2.24) is 14.7 Å². The van der Waals surface area contributed by atoms with E-state index in [1.165, 1.54) is 6.07 Å². The number of nitrogens with zero attached hydrogens (tertiary/aromatic N) is 2. The van der Waals surface area contributed by atoms with Crippen LogP contribution in [0.4, 0.5) is 9.93 Å². The number of hydrogen-bond donors (Lipinski definition) is 3. The molecule has 2 amide bonds. The van der Waals surface area contributed by atoms with Gasteiger partial charge in [0.25, 0.3) is 0 Å². The number of urea groups is 1. The smallest absolute Gasteiger partial charge is 0.335 e. The number of nitrogens with one attached hydrogen (secondary N) is 2. The number of aromatic carboxylic acids is 1. The fourth-order valence-corrected chi connectivity index (χ4v) is 2.24. The second-order valence-electron chi connectivity index (χ2n) is 4.28. The molecule has 2 aromatic rings. The molecule has 3 N–H and O–H groups in total. The number of benzene rings is 1. The van der Waals surface area contributed by atoms with Gasteiger partial charge in [-0.15, -0.1) is 0 Å². The fourth-order valence-electron chi connectivity index (χ4n) is 1.67. The van der Waals surface area contributed by atoms with E-state index in [9.17, 15) is 9.59 Å². The first-order valence-corrected chi connectivity index (χ1v) is 6.99. The number of carboxylic acids is 1. The van der Waals surface area contributed by atoms with Crippen LogP contribution in [0.5, 0.6) is 0 Å². The highest BCUT2D eigenvalue weighted by Crippen LogP contribution is 2.09. The quantitative estimate of drug-likeness (QED) is 0.782. The summed E-state index contributed by atoms with van der Waals surface area (Å²) >= 11 is 1.11. The lowest BCUT2D eigenvalue weighted by Gasteiger charge is -2.06. The van der Waals surface area contributed by atoms with Crippen LogP contribution in [0.15, 0.2) is 24.3 Å². The van der Waals surface area contributed by atoms with E-state index in [1.54, 1.807) is 19.1 Å². The second-order valence-corrected chi connectivity index (χ2v) is 5.04. The van der Waals surface area contributed by atoms with E-state index in [0.717, 1.165) is 17.1 Å². The summed E-state index contributed by atoms with van der Waals surface area (Å²) in [6.45, 7) is 2.14. The molecule has 0 saturated carbocycles. The predicted octanol–water partition coefficient (Wildman–Crippen LogP) is 1.91. The Morgan fingerprint density at radius 1 is 1.38 bits per heavy atom. The summed E-state index contributed by atoms with van der Waals surface area (Å²) in [4.78, 5) is 26.5. The number of carbonyl (C=O) groups excluding carboxylic acids is 1. The van der Waals surface area contributed by atoms with Crippen molar-refractivity contribution in [2.75, 3.05) is 11.9 Å². The number of aromatic nitrogens is 2. The van der Waals surface area contributed by atoms with Crippen molar-refractivity contribution >= 4 is 28.7 Å². The maximum atomic E-state index is 11.6. The van der Waals surface area contributed by atoms with Gasteiger partial charge in [0, 0.05) is 18.1 Å². The van der Waals surface area contributed by atoms with Crippen LogP contribution in [0.3, 0.4) is 0 Å². The minimum atomic E-state index is -0.964. The molecule has 1 aromatic carbocycles. The molecular formula is C13H14N4O3S. The van der Waals surface area contributed by atoms with Gasteiger partial charge < -0.3 is 10.4 Å². The van der Waals surface area contributed by atoms with Gasteiger partial charge >= 0.3 is 12.0 Å². The highest BCUT2D eigenvalue weighted by atomic mass is 32.1. The molecule has 0 aliphatic rings. The molecule has 0 aliphatic heterocycles. The first-order valence-electron chi connectivity index (χ1n) is 6.22. The van der Waals surface area contributed by atoms with E-state index >= 15 is 0 Å². The van der Waals surface area contributed by atoms with Crippen molar-refractivity contribution in [3.8, 4) is 0 Å². The van der Waals surface area contributed by atoms with Crippen LogP contribution in [-0.2, 0) is 6.42 Å². The molecule has 0 atom stereocenters. The molecule has 0 saturated heterocycles. The van der Waals surface area contributed by atoms with E-state index in [1.807, 2.05) is 6.07 Å². The molecule has 0 aliphatic carbocycles. The molecule has 0 fully saturated rings. The van der Waals surface area contributed by atoms with Crippen LogP contribution in [0.2, 0.25) is 0 Å². The van der Waals surface area contributed by atoms with E-state index in [0.29, 0.717) is 23.9 Å². The highest BCUT2D eigenvalue weighted by molar-refractivity contribution is 7.09. The monoisotopic (exact) mass is 306 g/mol. The lowest BCUT2D eigenvalue weighted by molar-refractivity contribution is 0.0696. The molecule has 110 valence electrons. The molecule has 0 spiro atoms. The third-order valence-electron chi connectivity index (χ3n) is 2.62. The van der Waals surface area contributed by atoms with Crippen molar-refractivity contribution in [2.45, 2.75) is 13.3 Å². The van der Waals surface area contributed by atoms with E-state index in [4.69, 9.17) is 5.11 Å². The molecule has 1 aromatic heterocycles. The zero-order valence-corrected chi connectivity index (χ0v) is 12.1. The number of carboxylic acid groups (broad SMARTS) is 1. The number of amides is 2. The van der Waals surface area contributed by atoms with Crippen LogP contribution in [0, 0.1) is 6.92 Å². The molecule has 0 bridgehead atoms. The minimum absolute atomic E-state index is 0.237. The average molecular weight is 306 g/mol. The molecule has 1 heterocycles. The molecule has 8 heteroatoms. The number of rotatable bonds is 5. The van der Waals surface area contributed by atoms with Gasteiger partial charge in [0.1, 0.15) is 5.82 Å². The van der Waals surface area contributed by atoms with E-state index in [-0.39, 0.29) is 11.6 Å². The van der Waals surface area contributed by atoms with Gasteiger partial charge in [-0.3, -0.25) is 5.32 Å². The fraction of sp³-hybridized carbons (Fsp3) is 0.231. The lowest BCUT2D eigenvalue weighted by atomic mass is 10.1. The summed E-state index contributed by atoms with van der Waals surface area (Å²) in [6.07, 6.45) is 0.545. The van der Waals surface area contributed by atoms with Crippen LogP contribution in [0.25, 0.3) is 0 Å². The van der Waals surface area contributed by atoms with Crippen LogP contribution >= 0.6 is 11.5 Å².